The summed E-state index contributed by atoms with van der Waals surface area (Å²) >= 11 is 0. The summed E-state index contributed by atoms with van der Waals surface area (Å²) < 4.78 is 28.5. The zero-order valence-electron chi connectivity index (χ0n) is 19.3. The van der Waals surface area contributed by atoms with Crippen molar-refractivity contribution in [1.29, 1.82) is 0 Å². The van der Waals surface area contributed by atoms with E-state index in [2.05, 4.69) is 17.0 Å². The highest BCUT2D eigenvalue weighted by atomic mass is 16.5. The standard InChI is InChI=1S/C27H25NO6/c1-30-22-11-9-18(25(31-2)27(22)32-3)13-23-24(29)19-10-12-21-20(26(19)34-23)15-28(16-33-21)14-17-7-5-4-6-8-17/h4-13H,14-16H2,1-3H3/b23-13-. The maximum atomic E-state index is 13.2. The first-order valence-corrected chi connectivity index (χ1v) is 10.9. The van der Waals surface area contributed by atoms with E-state index in [0.29, 0.717) is 47.4 Å². The first-order chi connectivity index (χ1) is 16.6. The van der Waals surface area contributed by atoms with Crippen LogP contribution in [0.25, 0.3) is 6.08 Å². The quantitative estimate of drug-likeness (QED) is 0.496. The van der Waals surface area contributed by atoms with Gasteiger partial charge in [-0.05, 0) is 35.9 Å². The molecule has 0 unspecified atom stereocenters. The van der Waals surface area contributed by atoms with Crippen molar-refractivity contribution in [2.45, 2.75) is 13.1 Å². The van der Waals surface area contributed by atoms with Gasteiger partial charge in [-0.25, -0.2) is 0 Å². The molecule has 3 aromatic rings. The maximum absolute atomic E-state index is 13.2. The third-order valence-electron chi connectivity index (χ3n) is 5.95. The van der Waals surface area contributed by atoms with Crippen molar-refractivity contribution in [1.82, 2.24) is 4.90 Å². The van der Waals surface area contributed by atoms with Crippen LogP contribution in [0.15, 0.2) is 60.4 Å². The van der Waals surface area contributed by atoms with Gasteiger partial charge in [-0.1, -0.05) is 30.3 Å². The van der Waals surface area contributed by atoms with Gasteiger partial charge in [-0.15, -0.1) is 0 Å². The monoisotopic (exact) mass is 459 g/mol. The number of carbonyl (C=O) groups excluding carboxylic acids is 1. The van der Waals surface area contributed by atoms with Gasteiger partial charge in [0.15, 0.2) is 17.3 Å². The van der Waals surface area contributed by atoms with E-state index in [1.54, 1.807) is 38.5 Å². The predicted molar refractivity (Wildman–Crippen MR) is 127 cm³/mol. The molecule has 0 aromatic heterocycles. The Morgan fingerprint density at radius 2 is 1.74 bits per heavy atom. The minimum Gasteiger partial charge on any atom is -0.493 e. The molecule has 2 aliphatic heterocycles. The molecule has 0 saturated carbocycles. The van der Waals surface area contributed by atoms with Crippen molar-refractivity contribution in [2.24, 2.45) is 0 Å². The van der Waals surface area contributed by atoms with Crippen molar-refractivity contribution in [3.05, 3.63) is 82.6 Å². The SMILES string of the molecule is COc1ccc(/C=C2\Oc3c(ccc4c3CN(Cc3ccccc3)CO4)C2=O)c(OC)c1OC. The van der Waals surface area contributed by atoms with Crippen LogP contribution in [0.3, 0.4) is 0 Å². The van der Waals surface area contributed by atoms with Crippen molar-refractivity contribution in [2.75, 3.05) is 28.1 Å². The summed E-state index contributed by atoms with van der Waals surface area (Å²) in [5, 5.41) is 0. The number of rotatable bonds is 6. The fourth-order valence-corrected chi connectivity index (χ4v) is 4.33. The molecule has 0 aliphatic carbocycles. The van der Waals surface area contributed by atoms with Crippen LogP contribution in [0.1, 0.15) is 27.0 Å². The average molecular weight is 459 g/mol. The number of hydrogen-bond donors (Lipinski definition) is 0. The number of benzene rings is 3. The van der Waals surface area contributed by atoms with Gasteiger partial charge in [0.2, 0.25) is 11.5 Å². The van der Waals surface area contributed by atoms with Crippen LogP contribution < -0.4 is 23.7 Å². The summed E-state index contributed by atoms with van der Waals surface area (Å²) in [7, 11) is 4.64. The van der Waals surface area contributed by atoms with Crippen LogP contribution in [0.2, 0.25) is 0 Å². The van der Waals surface area contributed by atoms with Crippen LogP contribution >= 0.6 is 0 Å². The molecule has 174 valence electrons. The van der Waals surface area contributed by atoms with E-state index >= 15 is 0 Å². The highest BCUT2D eigenvalue weighted by Gasteiger charge is 2.34. The molecular formula is C27H25NO6. The second kappa shape index (κ2) is 9.11. The fourth-order valence-electron chi connectivity index (χ4n) is 4.33. The molecule has 0 spiro atoms. The molecule has 0 saturated heterocycles. The lowest BCUT2D eigenvalue weighted by atomic mass is 10.0. The van der Waals surface area contributed by atoms with Gasteiger partial charge in [0, 0.05) is 18.7 Å². The lowest BCUT2D eigenvalue weighted by molar-refractivity contribution is 0.0873. The van der Waals surface area contributed by atoms with Crippen LogP contribution in [0.5, 0.6) is 28.7 Å². The summed E-state index contributed by atoms with van der Waals surface area (Å²) in [4.78, 5) is 15.4. The molecule has 0 N–H and O–H groups in total. The first kappa shape index (κ1) is 21.9. The summed E-state index contributed by atoms with van der Waals surface area (Å²) in [6.45, 7) is 1.83. The third-order valence-corrected chi connectivity index (χ3v) is 5.95. The van der Waals surface area contributed by atoms with Crippen LogP contribution in [0, 0.1) is 0 Å². The van der Waals surface area contributed by atoms with E-state index in [1.165, 1.54) is 12.7 Å². The van der Waals surface area contributed by atoms with Crippen molar-refractivity contribution in [3.63, 3.8) is 0 Å². The molecular weight excluding hydrogens is 434 g/mol. The third kappa shape index (κ3) is 3.84. The van der Waals surface area contributed by atoms with E-state index < -0.39 is 0 Å². The number of allylic oxidation sites excluding steroid dienone is 1. The van der Waals surface area contributed by atoms with E-state index in [1.807, 2.05) is 24.3 Å². The lowest BCUT2D eigenvalue weighted by Gasteiger charge is -2.29. The number of carbonyl (C=O) groups is 1. The van der Waals surface area contributed by atoms with Gasteiger partial charge in [-0.3, -0.25) is 9.69 Å². The normalized spacial score (nSPS) is 15.9. The molecule has 0 amide bonds. The fraction of sp³-hybridized carbons (Fsp3) is 0.222. The smallest absolute Gasteiger partial charge is 0.231 e. The number of hydrogen-bond acceptors (Lipinski definition) is 7. The number of Topliss-reactive ketones (excluding diaryl/α,β-unsaturated/α-hetero) is 1. The number of ketones is 1. The molecule has 2 aliphatic rings. The van der Waals surface area contributed by atoms with Gasteiger partial charge >= 0.3 is 0 Å². The van der Waals surface area contributed by atoms with Crippen LogP contribution in [0.4, 0.5) is 0 Å². The Morgan fingerprint density at radius 1 is 0.941 bits per heavy atom. The van der Waals surface area contributed by atoms with Gasteiger partial charge < -0.3 is 23.7 Å². The van der Waals surface area contributed by atoms with Gasteiger partial charge in [0.25, 0.3) is 0 Å². The Balaban J connectivity index is 1.46. The Hall–Kier alpha value is -3.97. The minimum atomic E-state index is -0.185. The second-order valence-corrected chi connectivity index (χ2v) is 8.03. The van der Waals surface area contributed by atoms with Gasteiger partial charge in [-0.2, -0.15) is 0 Å². The van der Waals surface area contributed by atoms with E-state index in [4.69, 9.17) is 23.7 Å². The molecule has 2 heterocycles. The van der Waals surface area contributed by atoms with Crippen molar-refractivity contribution >= 4 is 11.9 Å². The van der Waals surface area contributed by atoms with Crippen molar-refractivity contribution in [3.8, 4) is 28.7 Å². The number of fused-ring (bicyclic) bond motifs is 3. The summed E-state index contributed by atoms with van der Waals surface area (Å²) in [5.41, 5.74) is 3.23. The Labute approximate surface area is 198 Å². The van der Waals surface area contributed by atoms with E-state index in [0.717, 1.165) is 17.9 Å². The number of methoxy groups -OCH3 is 3. The van der Waals surface area contributed by atoms with Gasteiger partial charge in [0.05, 0.1) is 32.5 Å². The zero-order chi connectivity index (χ0) is 23.7. The highest BCUT2D eigenvalue weighted by molar-refractivity contribution is 6.15. The molecule has 3 aromatic carbocycles. The van der Waals surface area contributed by atoms with Crippen molar-refractivity contribution < 1.29 is 28.5 Å². The summed E-state index contributed by atoms with van der Waals surface area (Å²) in [6.07, 6.45) is 1.67. The molecule has 7 nitrogen and oxygen atoms in total. The molecule has 0 fully saturated rings. The number of ether oxygens (including phenoxy) is 5. The summed E-state index contributed by atoms with van der Waals surface area (Å²) in [5.74, 6) is 2.76. The Morgan fingerprint density at radius 3 is 2.47 bits per heavy atom. The molecule has 0 radical (unpaired) electrons. The zero-order valence-corrected chi connectivity index (χ0v) is 19.3. The van der Waals surface area contributed by atoms with E-state index in [9.17, 15) is 4.79 Å². The topological polar surface area (TPSA) is 66.5 Å². The molecule has 7 heteroatoms. The second-order valence-electron chi connectivity index (χ2n) is 8.03. The molecule has 0 bridgehead atoms. The number of nitrogens with zero attached hydrogens (tertiary/aromatic N) is 1. The maximum Gasteiger partial charge on any atom is 0.231 e. The minimum absolute atomic E-state index is 0.185. The molecule has 5 rings (SSSR count). The highest BCUT2D eigenvalue weighted by Crippen LogP contribution is 2.44. The van der Waals surface area contributed by atoms with Gasteiger partial charge in [0.1, 0.15) is 18.2 Å². The molecule has 34 heavy (non-hydrogen) atoms. The predicted octanol–water partition coefficient (Wildman–Crippen LogP) is 4.68. The van der Waals surface area contributed by atoms with E-state index in [-0.39, 0.29) is 11.5 Å². The summed E-state index contributed by atoms with van der Waals surface area (Å²) in [6, 6.07) is 17.4. The Bertz CT molecular complexity index is 1270. The van der Waals surface area contributed by atoms with Crippen LogP contribution in [-0.2, 0) is 13.1 Å². The lowest BCUT2D eigenvalue weighted by Crippen LogP contribution is -2.31. The largest absolute Gasteiger partial charge is 0.493 e. The Kier molecular flexibility index (Phi) is 5.86. The average Bonchev–Trinajstić information content (AvgIpc) is 3.19. The first-order valence-electron chi connectivity index (χ1n) is 10.9. The molecule has 0 atom stereocenters. The van der Waals surface area contributed by atoms with Crippen LogP contribution in [-0.4, -0.2) is 38.7 Å².